The normalized spacial score (nSPS) is 36.8. The molecule has 1 saturated heterocycles. The molecule has 4 nitrogen and oxygen atoms in total. The van der Waals surface area contributed by atoms with Crippen LogP contribution in [0.15, 0.2) is 0 Å². The average Bonchev–Trinajstić information content (AvgIpc) is 2.08. The number of methoxy groups -OCH3 is 1. The van der Waals surface area contributed by atoms with Crippen LogP contribution in [-0.4, -0.2) is 43.8 Å². The van der Waals surface area contributed by atoms with Crippen LogP contribution >= 0.6 is 0 Å². The topological polar surface area (TPSA) is 50.7 Å². The van der Waals surface area contributed by atoms with Gasteiger partial charge in [-0.3, -0.25) is 0 Å². The third-order valence-electron chi connectivity index (χ3n) is 2.12. The van der Waals surface area contributed by atoms with E-state index in [2.05, 4.69) is 5.32 Å². The summed E-state index contributed by atoms with van der Waals surface area (Å²) in [5.74, 6) is 0. The molecule has 3 unspecified atom stereocenters. The minimum Gasteiger partial charge on any atom is -0.380 e. The van der Waals surface area contributed by atoms with Crippen molar-refractivity contribution in [2.24, 2.45) is 0 Å². The zero-order valence-electron chi connectivity index (χ0n) is 7.62. The minimum absolute atomic E-state index is 0.0636. The van der Waals surface area contributed by atoms with Crippen LogP contribution in [0.2, 0.25) is 0 Å². The van der Waals surface area contributed by atoms with E-state index < -0.39 is 6.29 Å². The van der Waals surface area contributed by atoms with Gasteiger partial charge in [0, 0.05) is 13.5 Å². The highest BCUT2D eigenvalue weighted by Crippen LogP contribution is 2.14. The fourth-order valence-corrected chi connectivity index (χ4v) is 1.47. The van der Waals surface area contributed by atoms with Crippen molar-refractivity contribution in [1.82, 2.24) is 5.32 Å². The standard InChI is InChI=1S/C8H17NO3/c1-3-9-6-5-12-8(10)4-7(6)11-2/h6-10H,3-5H2,1-2H3. The molecule has 72 valence electrons. The van der Waals surface area contributed by atoms with Crippen LogP contribution in [0.3, 0.4) is 0 Å². The number of aliphatic hydroxyl groups excluding tert-OH is 1. The second-order valence-corrected chi connectivity index (χ2v) is 2.96. The Hall–Kier alpha value is -0.160. The molecule has 0 amide bonds. The Morgan fingerprint density at radius 1 is 1.67 bits per heavy atom. The summed E-state index contributed by atoms with van der Waals surface area (Å²) < 4.78 is 10.3. The van der Waals surface area contributed by atoms with E-state index in [1.807, 2.05) is 6.92 Å². The van der Waals surface area contributed by atoms with Crippen LogP contribution in [0.5, 0.6) is 0 Å². The number of rotatable bonds is 3. The quantitative estimate of drug-likeness (QED) is 0.619. The average molecular weight is 175 g/mol. The number of hydrogen-bond acceptors (Lipinski definition) is 4. The van der Waals surface area contributed by atoms with E-state index in [1.54, 1.807) is 7.11 Å². The Kier molecular flexibility index (Phi) is 3.94. The monoisotopic (exact) mass is 175 g/mol. The number of ether oxygens (including phenoxy) is 2. The van der Waals surface area contributed by atoms with E-state index in [0.717, 1.165) is 6.54 Å². The molecule has 1 fully saturated rings. The van der Waals surface area contributed by atoms with Crippen molar-refractivity contribution in [3.05, 3.63) is 0 Å². The lowest BCUT2D eigenvalue weighted by Gasteiger charge is -2.33. The predicted octanol–water partition coefficient (Wildman–Crippen LogP) is -0.282. The third kappa shape index (κ3) is 2.42. The smallest absolute Gasteiger partial charge is 0.157 e. The van der Waals surface area contributed by atoms with Gasteiger partial charge in [-0.1, -0.05) is 6.92 Å². The lowest BCUT2D eigenvalue weighted by molar-refractivity contribution is -0.169. The molecule has 0 aromatic rings. The van der Waals surface area contributed by atoms with Gasteiger partial charge in [0.25, 0.3) is 0 Å². The first kappa shape index (κ1) is 9.92. The molecule has 12 heavy (non-hydrogen) atoms. The second kappa shape index (κ2) is 4.77. The lowest BCUT2D eigenvalue weighted by atomic mass is 10.1. The van der Waals surface area contributed by atoms with Crippen LogP contribution in [0.4, 0.5) is 0 Å². The van der Waals surface area contributed by atoms with Gasteiger partial charge in [-0.2, -0.15) is 0 Å². The summed E-state index contributed by atoms with van der Waals surface area (Å²) in [4.78, 5) is 0. The Morgan fingerprint density at radius 2 is 2.42 bits per heavy atom. The van der Waals surface area contributed by atoms with Gasteiger partial charge >= 0.3 is 0 Å². The Bertz CT molecular complexity index is 131. The molecule has 0 aromatic carbocycles. The van der Waals surface area contributed by atoms with E-state index in [9.17, 15) is 0 Å². The summed E-state index contributed by atoms with van der Waals surface area (Å²) in [5.41, 5.74) is 0. The summed E-state index contributed by atoms with van der Waals surface area (Å²) in [5, 5.41) is 12.4. The molecule has 0 aromatic heterocycles. The second-order valence-electron chi connectivity index (χ2n) is 2.96. The fourth-order valence-electron chi connectivity index (χ4n) is 1.47. The van der Waals surface area contributed by atoms with Crippen molar-refractivity contribution in [2.75, 3.05) is 20.3 Å². The number of nitrogens with one attached hydrogen (secondary N) is 1. The van der Waals surface area contributed by atoms with E-state index in [0.29, 0.717) is 13.0 Å². The number of hydrogen-bond donors (Lipinski definition) is 2. The summed E-state index contributed by atoms with van der Waals surface area (Å²) in [6, 6.07) is 0.211. The predicted molar refractivity (Wildman–Crippen MR) is 44.8 cm³/mol. The summed E-state index contributed by atoms with van der Waals surface area (Å²) in [6.45, 7) is 3.45. The maximum Gasteiger partial charge on any atom is 0.157 e. The van der Waals surface area contributed by atoms with Crippen LogP contribution in [0.1, 0.15) is 13.3 Å². The van der Waals surface area contributed by atoms with Gasteiger partial charge in [0.1, 0.15) is 0 Å². The minimum atomic E-state index is -0.662. The first-order valence-electron chi connectivity index (χ1n) is 4.33. The molecular weight excluding hydrogens is 158 g/mol. The molecule has 0 bridgehead atoms. The molecular formula is C8H17NO3. The number of likely N-dealkylation sites (N-methyl/N-ethyl adjacent to an activating group) is 1. The third-order valence-corrected chi connectivity index (χ3v) is 2.12. The summed E-state index contributed by atoms with van der Waals surface area (Å²) >= 11 is 0. The van der Waals surface area contributed by atoms with E-state index >= 15 is 0 Å². The Morgan fingerprint density at radius 3 is 3.00 bits per heavy atom. The Balaban J connectivity index is 2.39. The number of aliphatic hydroxyl groups is 1. The van der Waals surface area contributed by atoms with Gasteiger partial charge in [0.15, 0.2) is 6.29 Å². The van der Waals surface area contributed by atoms with Crippen molar-refractivity contribution in [2.45, 2.75) is 31.8 Å². The Labute approximate surface area is 72.9 Å². The molecule has 1 rings (SSSR count). The lowest BCUT2D eigenvalue weighted by Crippen LogP contribution is -2.50. The highest BCUT2D eigenvalue weighted by atomic mass is 16.6. The molecule has 2 N–H and O–H groups in total. The molecule has 3 atom stereocenters. The van der Waals surface area contributed by atoms with E-state index in [1.165, 1.54) is 0 Å². The van der Waals surface area contributed by atoms with Crippen molar-refractivity contribution in [3.63, 3.8) is 0 Å². The van der Waals surface area contributed by atoms with Crippen LogP contribution in [-0.2, 0) is 9.47 Å². The highest BCUT2D eigenvalue weighted by molar-refractivity contribution is 4.80. The van der Waals surface area contributed by atoms with Crippen molar-refractivity contribution >= 4 is 0 Å². The largest absolute Gasteiger partial charge is 0.380 e. The van der Waals surface area contributed by atoms with Gasteiger partial charge in [-0.05, 0) is 6.54 Å². The SMILES string of the molecule is CCNC1COC(O)CC1OC. The molecule has 0 aliphatic carbocycles. The van der Waals surface area contributed by atoms with Gasteiger partial charge < -0.3 is 19.9 Å². The summed E-state index contributed by atoms with van der Waals surface area (Å²) in [7, 11) is 1.66. The van der Waals surface area contributed by atoms with Crippen LogP contribution < -0.4 is 5.32 Å². The summed E-state index contributed by atoms with van der Waals surface area (Å²) in [6.07, 6.45) is -0.0488. The molecule has 0 spiro atoms. The highest BCUT2D eigenvalue weighted by Gasteiger charge is 2.29. The van der Waals surface area contributed by atoms with E-state index in [4.69, 9.17) is 14.6 Å². The first-order valence-corrected chi connectivity index (χ1v) is 4.33. The molecule has 4 heteroatoms. The zero-order valence-corrected chi connectivity index (χ0v) is 7.62. The van der Waals surface area contributed by atoms with Crippen molar-refractivity contribution < 1.29 is 14.6 Å². The van der Waals surface area contributed by atoms with Gasteiger partial charge in [0.2, 0.25) is 0 Å². The molecule has 0 saturated carbocycles. The fraction of sp³-hybridized carbons (Fsp3) is 1.00. The molecule has 1 aliphatic heterocycles. The van der Waals surface area contributed by atoms with Crippen molar-refractivity contribution in [1.29, 1.82) is 0 Å². The van der Waals surface area contributed by atoms with Crippen LogP contribution in [0, 0.1) is 0 Å². The maximum absolute atomic E-state index is 9.17. The van der Waals surface area contributed by atoms with Crippen molar-refractivity contribution in [3.8, 4) is 0 Å². The van der Waals surface area contributed by atoms with E-state index in [-0.39, 0.29) is 12.1 Å². The van der Waals surface area contributed by atoms with Gasteiger partial charge in [-0.25, -0.2) is 0 Å². The maximum atomic E-state index is 9.17. The van der Waals surface area contributed by atoms with Gasteiger partial charge in [0.05, 0.1) is 18.8 Å². The van der Waals surface area contributed by atoms with Crippen LogP contribution in [0.25, 0.3) is 0 Å². The first-order chi connectivity index (χ1) is 5.77. The van der Waals surface area contributed by atoms with Gasteiger partial charge in [-0.15, -0.1) is 0 Å². The molecule has 0 radical (unpaired) electrons. The molecule has 1 heterocycles. The molecule has 1 aliphatic rings. The zero-order chi connectivity index (χ0) is 8.97.